The molecule has 4 aromatic heterocycles. The van der Waals surface area contributed by atoms with Crippen LogP contribution in [0.4, 0.5) is 5.95 Å². The molecule has 8 nitrogen and oxygen atoms in total. The van der Waals surface area contributed by atoms with Crippen LogP contribution < -0.4 is 10.1 Å². The van der Waals surface area contributed by atoms with Gasteiger partial charge in [0.15, 0.2) is 0 Å². The molecule has 138 valence electrons. The summed E-state index contributed by atoms with van der Waals surface area (Å²) in [6.07, 6.45) is 6.97. The molecule has 0 spiro atoms. The first-order valence-corrected chi connectivity index (χ1v) is 8.88. The summed E-state index contributed by atoms with van der Waals surface area (Å²) in [5.41, 5.74) is 3.13. The third-order valence-electron chi connectivity index (χ3n) is 5.11. The zero-order valence-electron chi connectivity index (χ0n) is 15.1. The predicted molar refractivity (Wildman–Crippen MR) is 102 cm³/mol. The van der Waals surface area contributed by atoms with Crippen LogP contribution in [0.25, 0.3) is 27.7 Å². The highest BCUT2D eigenvalue weighted by Gasteiger charge is 2.38. The molecule has 0 saturated heterocycles. The highest BCUT2D eigenvalue weighted by molar-refractivity contribution is 5.98. The quantitative estimate of drug-likeness (QED) is 0.515. The van der Waals surface area contributed by atoms with Crippen LogP contribution >= 0.6 is 0 Å². The highest BCUT2D eigenvalue weighted by atomic mass is 16.5. The summed E-state index contributed by atoms with van der Waals surface area (Å²) in [5, 5.41) is 18.3. The number of hydrogen-bond donors (Lipinski definition) is 3. The molecule has 0 bridgehead atoms. The summed E-state index contributed by atoms with van der Waals surface area (Å²) < 4.78 is 7.38. The molecule has 27 heavy (non-hydrogen) atoms. The molecule has 1 saturated carbocycles. The second-order valence-corrected chi connectivity index (χ2v) is 7.34. The van der Waals surface area contributed by atoms with Crippen LogP contribution in [0, 0.1) is 0 Å². The van der Waals surface area contributed by atoms with Crippen molar-refractivity contribution in [1.82, 2.24) is 24.6 Å². The van der Waals surface area contributed by atoms with Crippen molar-refractivity contribution in [3.63, 3.8) is 0 Å². The van der Waals surface area contributed by atoms with Gasteiger partial charge in [-0.1, -0.05) is 0 Å². The van der Waals surface area contributed by atoms with Gasteiger partial charge in [-0.3, -0.25) is 0 Å². The van der Waals surface area contributed by atoms with Gasteiger partial charge < -0.3 is 20.1 Å². The number of methoxy groups -OCH3 is 1. The number of rotatable bonds is 4. The van der Waals surface area contributed by atoms with E-state index in [0.717, 1.165) is 22.0 Å². The number of H-pyrrole nitrogens is 1. The summed E-state index contributed by atoms with van der Waals surface area (Å²) in [4.78, 5) is 12.4. The number of nitrogens with zero attached hydrogens (tertiary/aromatic N) is 4. The molecule has 5 rings (SSSR count). The molecule has 1 aliphatic carbocycles. The number of hydrogen-bond acceptors (Lipinski definition) is 6. The Labute approximate surface area is 155 Å². The lowest BCUT2D eigenvalue weighted by atomic mass is 9.77. The van der Waals surface area contributed by atoms with E-state index in [2.05, 4.69) is 31.4 Å². The SMILES string of the molecule is COc1nc(N[C@H]2C[C@@](C)(O)C2)nc2[nH]cc(-c3ccn4nccc4c3)c12. The minimum absolute atomic E-state index is 0.167. The molecule has 4 aromatic rings. The Morgan fingerprint density at radius 2 is 2.19 bits per heavy atom. The normalized spacial score (nSPS) is 22.1. The Morgan fingerprint density at radius 1 is 1.33 bits per heavy atom. The summed E-state index contributed by atoms with van der Waals surface area (Å²) in [5.74, 6) is 1.01. The lowest BCUT2D eigenvalue weighted by Gasteiger charge is -2.41. The maximum atomic E-state index is 9.91. The summed E-state index contributed by atoms with van der Waals surface area (Å²) in [6.45, 7) is 1.84. The number of aliphatic hydroxyl groups is 1. The minimum Gasteiger partial charge on any atom is -0.480 e. The van der Waals surface area contributed by atoms with E-state index in [-0.39, 0.29) is 6.04 Å². The van der Waals surface area contributed by atoms with E-state index in [1.165, 1.54) is 0 Å². The standard InChI is InChI=1S/C19H20N6O2/c1-19(26)8-12(9-19)22-18-23-16-15(17(24-18)27-2)14(10-20-16)11-4-6-25-13(7-11)3-5-21-25/h3-7,10,12,26H,8-9H2,1-2H3,(H2,20,22,23,24)/t12-,19+. The number of ether oxygens (including phenoxy) is 1. The van der Waals surface area contributed by atoms with Crippen LogP contribution in [0.15, 0.2) is 36.8 Å². The van der Waals surface area contributed by atoms with Gasteiger partial charge in [0, 0.05) is 30.2 Å². The number of fused-ring (bicyclic) bond motifs is 2. The van der Waals surface area contributed by atoms with Crippen molar-refractivity contribution < 1.29 is 9.84 Å². The fourth-order valence-corrected chi connectivity index (χ4v) is 3.82. The largest absolute Gasteiger partial charge is 0.480 e. The van der Waals surface area contributed by atoms with E-state index < -0.39 is 5.60 Å². The molecule has 0 aliphatic heterocycles. The maximum Gasteiger partial charge on any atom is 0.228 e. The summed E-state index contributed by atoms with van der Waals surface area (Å²) >= 11 is 0. The van der Waals surface area contributed by atoms with E-state index in [1.54, 1.807) is 13.3 Å². The smallest absolute Gasteiger partial charge is 0.228 e. The minimum atomic E-state index is -0.599. The average molecular weight is 364 g/mol. The van der Waals surface area contributed by atoms with Crippen LogP contribution in [0.3, 0.4) is 0 Å². The predicted octanol–water partition coefficient (Wildman–Crippen LogP) is 2.61. The van der Waals surface area contributed by atoms with Gasteiger partial charge in [-0.25, -0.2) is 4.52 Å². The molecular weight excluding hydrogens is 344 g/mol. The van der Waals surface area contributed by atoms with E-state index in [9.17, 15) is 5.11 Å². The average Bonchev–Trinajstić information content (AvgIpc) is 3.25. The maximum absolute atomic E-state index is 9.91. The van der Waals surface area contributed by atoms with Gasteiger partial charge >= 0.3 is 0 Å². The van der Waals surface area contributed by atoms with Crippen molar-refractivity contribution in [2.24, 2.45) is 0 Å². The van der Waals surface area contributed by atoms with Crippen LogP contribution in [0.5, 0.6) is 5.88 Å². The Balaban J connectivity index is 1.55. The van der Waals surface area contributed by atoms with Crippen LogP contribution in [0.1, 0.15) is 19.8 Å². The molecule has 1 fully saturated rings. The van der Waals surface area contributed by atoms with E-state index in [0.29, 0.717) is 30.3 Å². The lowest BCUT2D eigenvalue weighted by Crippen LogP contribution is -2.48. The van der Waals surface area contributed by atoms with Crippen molar-refractivity contribution in [3.05, 3.63) is 36.8 Å². The molecule has 0 radical (unpaired) electrons. The van der Waals surface area contributed by atoms with Gasteiger partial charge in [-0.05, 0) is 43.5 Å². The molecule has 0 amide bonds. The Hall–Kier alpha value is -3.13. The molecule has 0 atom stereocenters. The number of pyridine rings is 1. The summed E-state index contributed by atoms with van der Waals surface area (Å²) in [6, 6.07) is 6.20. The molecule has 0 unspecified atom stereocenters. The Bertz CT molecular complexity index is 1140. The molecule has 1 aliphatic rings. The second kappa shape index (κ2) is 5.68. The van der Waals surface area contributed by atoms with E-state index >= 15 is 0 Å². The monoisotopic (exact) mass is 364 g/mol. The Morgan fingerprint density at radius 3 is 2.96 bits per heavy atom. The molecule has 4 heterocycles. The fraction of sp³-hybridized carbons (Fsp3) is 0.316. The van der Waals surface area contributed by atoms with Crippen LogP contribution in [-0.4, -0.2) is 48.4 Å². The molecule has 0 aromatic carbocycles. The van der Waals surface area contributed by atoms with Gasteiger partial charge in [0.2, 0.25) is 11.8 Å². The van der Waals surface area contributed by atoms with Crippen molar-refractivity contribution >= 4 is 22.5 Å². The third kappa shape index (κ3) is 2.69. The number of aromatic amines is 1. The number of anilines is 1. The van der Waals surface area contributed by atoms with Gasteiger partial charge in [-0.15, -0.1) is 0 Å². The van der Waals surface area contributed by atoms with Gasteiger partial charge in [0.25, 0.3) is 0 Å². The molecule has 8 heteroatoms. The molecule has 3 N–H and O–H groups in total. The van der Waals surface area contributed by atoms with E-state index in [1.807, 2.05) is 36.0 Å². The van der Waals surface area contributed by atoms with Gasteiger partial charge in [0.1, 0.15) is 5.65 Å². The lowest BCUT2D eigenvalue weighted by molar-refractivity contribution is -0.0236. The second-order valence-electron chi connectivity index (χ2n) is 7.34. The topological polar surface area (TPSA) is 100 Å². The first kappa shape index (κ1) is 16.1. The highest BCUT2D eigenvalue weighted by Crippen LogP contribution is 2.36. The third-order valence-corrected chi connectivity index (χ3v) is 5.11. The zero-order valence-corrected chi connectivity index (χ0v) is 15.1. The van der Waals surface area contributed by atoms with Crippen molar-refractivity contribution in [2.75, 3.05) is 12.4 Å². The first-order valence-electron chi connectivity index (χ1n) is 8.88. The number of nitrogens with one attached hydrogen (secondary N) is 2. The Kier molecular flexibility index (Phi) is 3.38. The van der Waals surface area contributed by atoms with Crippen LogP contribution in [-0.2, 0) is 0 Å². The van der Waals surface area contributed by atoms with Crippen LogP contribution in [0.2, 0.25) is 0 Å². The van der Waals surface area contributed by atoms with E-state index in [4.69, 9.17) is 4.74 Å². The first-order chi connectivity index (χ1) is 13.0. The summed E-state index contributed by atoms with van der Waals surface area (Å²) in [7, 11) is 1.61. The molecular formula is C19H20N6O2. The number of aromatic nitrogens is 5. The zero-order chi connectivity index (χ0) is 18.6. The van der Waals surface area contributed by atoms with Crippen molar-refractivity contribution in [1.29, 1.82) is 0 Å². The van der Waals surface area contributed by atoms with Crippen molar-refractivity contribution in [3.8, 4) is 17.0 Å². The van der Waals surface area contributed by atoms with Crippen molar-refractivity contribution in [2.45, 2.75) is 31.4 Å². The fourth-order valence-electron chi connectivity index (χ4n) is 3.82. The van der Waals surface area contributed by atoms with Gasteiger partial charge in [-0.2, -0.15) is 15.1 Å². The van der Waals surface area contributed by atoms with Gasteiger partial charge in [0.05, 0.1) is 23.6 Å².